The van der Waals surface area contributed by atoms with Gasteiger partial charge in [0.15, 0.2) is 0 Å². The van der Waals surface area contributed by atoms with E-state index in [0.717, 1.165) is 31.1 Å². The molecule has 0 spiro atoms. The van der Waals surface area contributed by atoms with Crippen molar-refractivity contribution in [2.75, 3.05) is 31.6 Å². The zero-order valence-electron chi connectivity index (χ0n) is 12.0. The highest BCUT2D eigenvalue weighted by Crippen LogP contribution is 2.26. The minimum absolute atomic E-state index is 0.417. The quantitative estimate of drug-likeness (QED) is 0.836. The summed E-state index contributed by atoms with van der Waals surface area (Å²) in [7, 11) is 2.19. The van der Waals surface area contributed by atoms with Gasteiger partial charge in [-0.1, -0.05) is 30.3 Å². The number of aromatic nitrogens is 2. The number of anilines is 1. The van der Waals surface area contributed by atoms with Crippen LogP contribution in [0.25, 0.3) is 0 Å². The maximum absolute atomic E-state index is 4.41. The number of likely N-dealkylation sites (N-methyl/N-ethyl adjacent to an activating group) is 1. The Morgan fingerprint density at radius 1 is 1.10 bits per heavy atom. The number of nitrogens with zero attached hydrogens (tertiary/aromatic N) is 4. The first kappa shape index (κ1) is 13.1. The third kappa shape index (κ3) is 2.65. The Hall–Kier alpha value is -1.94. The van der Waals surface area contributed by atoms with Crippen molar-refractivity contribution in [3.8, 4) is 0 Å². The second kappa shape index (κ2) is 5.59. The summed E-state index contributed by atoms with van der Waals surface area (Å²) in [5.74, 6) is 1.03. The number of hydrogen-bond donors (Lipinski definition) is 0. The molecule has 4 nitrogen and oxygen atoms in total. The lowest BCUT2D eigenvalue weighted by Gasteiger charge is -2.40. The monoisotopic (exact) mass is 268 g/mol. The van der Waals surface area contributed by atoms with Crippen LogP contribution in [0.1, 0.15) is 17.3 Å². The normalized spacial score (nSPS) is 20.1. The maximum atomic E-state index is 4.41. The van der Waals surface area contributed by atoms with Gasteiger partial charge < -0.3 is 4.90 Å². The van der Waals surface area contributed by atoms with Crippen molar-refractivity contribution >= 4 is 5.82 Å². The molecule has 0 unspecified atom stereocenters. The topological polar surface area (TPSA) is 32.3 Å². The highest BCUT2D eigenvalue weighted by molar-refractivity contribution is 5.40. The largest absolute Gasteiger partial charge is 0.353 e. The third-order valence-electron chi connectivity index (χ3n) is 3.95. The van der Waals surface area contributed by atoms with Gasteiger partial charge in [-0.3, -0.25) is 4.90 Å². The lowest BCUT2D eigenvalue weighted by Crippen LogP contribution is -2.47. The molecule has 1 aliphatic rings. The van der Waals surface area contributed by atoms with E-state index >= 15 is 0 Å². The maximum Gasteiger partial charge on any atom is 0.132 e. The van der Waals surface area contributed by atoms with Crippen molar-refractivity contribution in [3.63, 3.8) is 0 Å². The van der Waals surface area contributed by atoms with Gasteiger partial charge in [-0.2, -0.15) is 0 Å². The van der Waals surface area contributed by atoms with Gasteiger partial charge in [-0.05, 0) is 19.5 Å². The Morgan fingerprint density at radius 3 is 2.65 bits per heavy atom. The molecule has 1 aromatic heterocycles. The van der Waals surface area contributed by atoms with E-state index in [1.54, 1.807) is 6.33 Å². The third-order valence-corrected chi connectivity index (χ3v) is 3.95. The molecule has 0 amide bonds. The van der Waals surface area contributed by atoms with Gasteiger partial charge in [0.1, 0.15) is 12.1 Å². The molecule has 2 heterocycles. The standard InChI is InChI=1S/C16H20N4/c1-13-10-16(18-12-17-13)20-9-8-19(2)15(11-20)14-6-4-3-5-7-14/h3-7,10,12,15H,8-9,11H2,1-2H3/t15-/m0/s1. The number of aryl methyl sites for hydroxylation is 1. The van der Waals surface area contributed by atoms with Crippen molar-refractivity contribution in [1.82, 2.24) is 14.9 Å². The Bertz CT molecular complexity index is 570. The van der Waals surface area contributed by atoms with Crippen LogP contribution in [-0.2, 0) is 0 Å². The first-order valence-corrected chi connectivity index (χ1v) is 7.03. The molecular weight excluding hydrogens is 248 g/mol. The number of rotatable bonds is 2. The van der Waals surface area contributed by atoms with Crippen LogP contribution in [0.3, 0.4) is 0 Å². The molecule has 20 heavy (non-hydrogen) atoms. The van der Waals surface area contributed by atoms with E-state index < -0.39 is 0 Å². The molecule has 2 aromatic rings. The van der Waals surface area contributed by atoms with E-state index in [1.165, 1.54) is 5.56 Å². The van der Waals surface area contributed by atoms with Crippen LogP contribution in [0.5, 0.6) is 0 Å². The molecule has 4 heteroatoms. The Labute approximate surface area is 120 Å². The Balaban J connectivity index is 1.83. The zero-order valence-corrected chi connectivity index (χ0v) is 12.0. The minimum atomic E-state index is 0.417. The molecule has 104 valence electrons. The van der Waals surface area contributed by atoms with Crippen molar-refractivity contribution in [2.45, 2.75) is 13.0 Å². The summed E-state index contributed by atoms with van der Waals surface area (Å²) in [6, 6.07) is 13.2. The predicted octanol–water partition coefficient (Wildman–Crippen LogP) is 2.28. The summed E-state index contributed by atoms with van der Waals surface area (Å²) in [4.78, 5) is 13.4. The van der Waals surface area contributed by atoms with Crippen molar-refractivity contribution < 1.29 is 0 Å². The van der Waals surface area contributed by atoms with Crippen LogP contribution < -0.4 is 4.90 Å². The number of benzene rings is 1. The molecule has 1 saturated heterocycles. The Kier molecular flexibility index (Phi) is 3.65. The van der Waals surface area contributed by atoms with Crippen LogP contribution in [0.2, 0.25) is 0 Å². The summed E-state index contributed by atoms with van der Waals surface area (Å²) in [6.45, 7) is 5.03. The minimum Gasteiger partial charge on any atom is -0.353 e. The van der Waals surface area contributed by atoms with Gasteiger partial charge in [-0.15, -0.1) is 0 Å². The second-order valence-corrected chi connectivity index (χ2v) is 5.37. The molecule has 1 aliphatic heterocycles. The summed E-state index contributed by atoms with van der Waals surface area (Å²) in [6.07, 6.45) is 1.65. The van der Waals surface area contributed by atoms with Crippen LogP contribution in [-0.4, -0.2) is 41.5 Å². The predicted molar refractivity (Wildman–Crippen MR) is 80.8 cm³/mol. The molecule has 1 atom stereocenters. The molecular formula is C16H20N4. The number of piperazine rings is 1. The molecule has 0 radical (unpaired) electrons. The van der Waals surface area contributed by atoms with Gasteiger partial charge in [0.25, 0.3) is 0 Å². The summed E-state index contributed by atoms with van der Waals surface area (Å²) in [5, 5.41) is 0. The molecule has 1 aromatic carbocycles. The van der Waals surface area contributed by atoms with E-state index in [2.05, 4.69) is 63.2 Å². The summed E-state index contributed by atoms with van der Waals surface area (Å²) < 4.78 is 0. The molecule has 0 aliphatic carbocycles. The smallest absolute Gasteiger partial charge is 0.132 e. The van der Waals surface area contributed by atoms with E-state index in [4.69, 9.17) is 0 Å². The molecule has 0 bridgehead atoms. The zero-order chi connectivity index (χ0) is 13.9. The average Bonchev–Trinajstić information content (AvgIpc) is 2.48. The van der Waals surface area contributed by atoms with Gasteiger partial charge in [0.05, 0.1) is 6.04 Å². The van der Waals surface area contributed by atoms with Crippen molar-refractivity contribution in [1.29, 1.82) is 0 Å². The fourth-order valence-electron chi connectivity index (χ4n) is 2.73. The Morgan fingerprint density at radius 2 is 1.90 bits per heavy atom. The van der Waals surface area contributed by atoms with E-state index in [1.807, 2.05) is 6.92 Å². The highest BCUT2D eigenvalue weighted by Gasteiger charge is 2.26. The SMILES string of the molecule is Cc1cc(N2CCN(C)[C@H](c3ccccc3)C2)ncn1. The number of hydrogen-bond acceptors (Lipinski definition) is 4. The summed E-state index contributed by atoms with van der Waals surface area (Å²) >= 11 is 0. The fourth-order valence-corrected chi connectivity index (χ4v) is 2.73. The summed E-state index contributed by atoms with van der Waals surface area (Å²) in [5.41, 5.74) is 2.38. The molecule has 0 saturated carbocycles. The van der Waals surface area contributed by atoms with Crippen LogP contribution in [0.4, 0.5) is 5.82 Å². The van der Waals surface area contributed by atoms with Crippen LogP contribution >= 0.6 is 0 Å². The van der Waals surface area contributed by atoms with Gasteiger partial charge in [0, 0.05) is 31.4 Å². The van der Waals surface area contributed by atoms with Crippen LogP contribution in [0, 0.1) is 6.92 Å². The first-order chi connectivity index (χ1) is 9.74. The lowest BCUT2D eigenvalue weighted by atomic mass is 10.0. The van der Waals surface area contributed by atoms with Gasteiger partial charge in [-0.25, -0.2) is 9.97 Å². The second-order valence-electron chi connectivity index (χ2n) is 5.37. The first-order valence-electron chi connectivity index (χ1n) is 7.03. The molecule has 1 fully saturated rings. The van der Waals surface area contributed by atoms with Crippen molar-refractivity contribution in [3.05, 3.63) is 54.0 Å². The molecule has 0 N–H and O–H groups in total. The van der Waals surface area contributed by atoms with Crippen molar-refractivity contribution in [2.24, 2.45) is 0 Å². The van der Waals surface area contributed by atoms with E-state index in [-0.39, 0.29) is 0 Å². The molecule has 3 rings (SSSR count). The highest BCUT2D eigenvalue weighted by atomic mass is 15.3. The lowest BCUT2D eigenvalue weighted by molar-refractivity contribution is 0.220. The van der Waals surface area contributed by atoms with Gasteiger partial charge >= 0.3 is 0 Å². The van der Waals surface area contributed by atoms with Gasteiger partial charge in [0.2, 0.25) is 0 Å². The fraction of sp³-hybridized carbons (Fsp3) is 0.375. The van der Waals surface area contributed by atoms with E-state index in [9.17, 15) is 0 Å². The van der Waals surface area contributed by atoms with Crippen LogP contribution in [0.15, 0.2) is 42.7 Å². The van der Waals surface area contributed by atoms with E-state index in [0.29, 0.717) is 6.04 Å². The average molecular weight is 268 g/mol.